The number of amides is 3. The summed E-state index contributed by atoms with van der Waals surface area (Å²) >= 11 is 0. The Morgan fingerprint density at radius 2 is 1.87 bits per heavy atom. The predicted molar refractivity (Wildman–Crippen MR) is 170 cm³/mol. The number of hydrogen-bond donors (Lipinski definition) is 3. The molecule has 1 fully saturated rings. The Balaban J connectivity index is 1.31. The average Bonchev–Trinajstić information content (AvgIpc) is 3.38. The number of ether oxygens (including phenoxy) is 3. The zero-order chi connectivity index (χ0) is 32.2. The summed E-state index contributed by atoms with van der Waals surface area (Å²) in [6.07, 6.45) is 0.0793. The summed E-state index contributed by atoms with van der Waals surface area (Å²) in [4.78, 5) is 41.4. The monoisotopic (exact) mass is 624 g/mol. The number of aryl methyl sites for hydroxylation is 1. The Hall–Kier alpha value is -5.52. The second kappa shape index (κ2) is 13.2. The minimum atomic E-state index is -0.520. The molecular weight excluding hydrogens is 588 g/mol. The maximum absolute atomic E-state index is 13.8. The van der Waals surface area contributed by atoms with Crippen molar-refractivity contribution in [3.05, 3.63) is 89.6 Å². The van der Waals surface area contributed by atoms with Gasteiger partial charge in [-0.2, -0.15) is 5.10 Å². The predicted octanol–water partition coefficient (Wildman–Crippen LogP) is 2.94. The van der Waals surface area contributed by atoms with Crippen molar-refractivity contribution in [3.8, 4) is 28.4 Å². The Bertz CT molecular complexity index is 1750. The van der Waals surface area contributed by atoms with Crippen LogP contribution in [0.25, 0.3) is 11.1 Å². The van der Waals surface area contributed by atoms with Crippen molar-refractivity contribution >= 4 is 23.5 Å². The lowest BCUT2D eigenvalue weighted by atomic mass is 9.99. The third kappa shape index (κ3) is 6.90. The van der Waals surface area contributed by atoms with E-state index < -0.39 is 12.1 Å². The maximum atomic E-state index is 13.8. The van der Waals surface area contributed by atoms with Gasteiger partial charge in [0.15, 0.2) is 6.61 Å². The first-order chi connectivity index (χ1) is 22.2. The molecule has 0 unspecified atom stereocenters. The van der Waals surface area contributed by atoms with Crippen molar-refractivity contribution in [2.75, 3.05) is 32.5 Å². The third-order valence-corrected chi connectivity index (χ3v) is 8.11. The van der Waals surface area contributed by atoms with Gasteiger partial charge in [0.05, 0.1) is 18.8 Å². The molecule has 238 valence electrons. The Morgan fingerprint density at radius 3 is 2.63 bits per heavy atom. The molecule has 0 saturated carbocycles. The first kappa shape index (κ1) is 30.5. The summed E-state index contributed by atoms with van der Waals surface area (Å²) in [5, 5.41) is 10.3. The number of likely N-dealkylation sites (tertiary alicyclic amines) is 1. The van der Waals surface area contributed by atoms with E-state index in [1.54, 1.807) is 48.4 Å². The third-order valence-electron chi connectivity index (χ3n) is 8.11. The van der Waals surface area contributed by atoms with Crippen LogP contribution in [0.3, 0.4) is 0 Å². The van der Waals surface area contributed by atoms with Gasteiger partial charge in [-0.05, 0) is 60.5 Å². The highest BCUT2D eigenvalue weighted by atomic mass is 16.5. The summed E-state index contributed by atoms with van der Waals surface area (Å²) in [6.45, 7) is 2.66. The molecule has 3 aromatic carbocycles. The lowest BCUT2D eigenvalue weighted by Gasteiger charge is -2.39. The molecule has 6 bridgehead atoms. The molecule has 3 amide bonds. The lowest BCUT2D eigenvalue weighted by Crippen LogP contribution is -2.58. The molecule has 46 heavy (non-hydrogen) atoms. The van der Waals surface area contributed by atoms with Crippen LogP contribution in [0.4, 0.5) is 5.82 Å². The van der Waals surface area contributed by atoms with Crippen LogP contribution in [0.1, 0.15) is 28.0 Å². The van der Waals surface area contributed by atoms with E-state index >= 15 is 0 Å². The molecule has 3 aliphatic rings. The normalized spacial score (nSPS) is 18.3. The fourth-order valence-electron chi connectivity index (χ4n) is 5.70. The van der Waals surface area contributed by atoms with E-state index in [0.29, 0.717) is 53.7 Å². The molecule has 4 aromatic rings. The van der Waals surface area contributed by atoms with Gasteiger partial charge in [0, 0.05) is 43.2 Å². The van der Waals surface area contributed by atoms with Gasteiger partial charge in [0.25, 0.3) is 11.8 Å². The Labute approximate surface area is 266 Å². The molecule has 0 aliphatic carbocycles. The number of methoxy groups -OCH3 is 1. The van der Waals surface area contributed by atoms with Gasteiger partial charge < -0.3 is 35.5 Å². The summed E-state index contributed by atoms with van der Waals surface area (Å²) < 4.78 is 19.3. The molecule has 12 heteroatoms. The zero-order valence-electron chi connectivity index (χ0n) is 25.7. The fraction of sp³-hybridized carbons (Fsp3) is 0.294. The quantitative estimate of drug-likeness (QED) is 0.315. The Kier molecular flexibility index (Phi) is 8.77. The number of benzene rings is 3. The van der Waals surface area contributed by atoms with Crippen molar-refractivity contribution in [1.82, 2.24) is 25.3 Å². The molecule has 12 nitrogen and oxygen atoms in total. The number of nitrogens with zero attached hydrogens (tertiary/aromatic N) is 3. The van der Waals surface area contributed by atoms with E-state index in [-0.39, 0.29) is 37.4 Å². The van der Waals surface area contributed by atoms with Gasteiger partial charge in [0.1, 0.15) is 35.7 Å². The highest BCUT2D eigenvalue weighted by Gasteiger charge is 2.35. The molecule has 2 atom stereocenters. The number of aromatic nitrogens is 2. The van der Waals surface area contributed by atoms with Gasteiger partial charge in [-0.15, -0.1) is 0 Å². The number of fused-ring (bicyclic) bond motifs is 7. The van der Waals surface area contributed by atoms with E-state index in [1.165, 1.54) is 4.68 Å². The van der Waals surface area contributed by atoms with E-state index in [0.717, 1.165) is 16.8 Å². The molecule has 4 N–H and O–H groups in total. The van der Waals surface area contributed by atoms with Crippen LogP contribution in [0.2, 0.25) is 0 Å². The first-order valence-electron chi connectivity index (χ1n) is 15.1. The summed E-state index contributed by atoms with van der Waals surface area (Å²) in [5.41, 5.74) is 9.49. The van der Waals surface area contributed by atoms with E-state index in [1.807, 2.05) is 43.3 Å². The second-order valence-corrected chi connectivity index (χ2v) is 11.4. The number of piperidine rings is 1. The van der Waals surface area contributed by atoms with Crippen LogP contribution in [0, 0.1) is 6.92 Å². The van der Waals surface area contributed by atoms with Crippen LogP contribution in [-0.2, 0) is 22.7 Å². The molecule has 4 heterocycles. The van der Waals surface area contributed by atoms with Crippen LogP contribution in [0.5, 0.6) is 17.2 Å². The summed E-state index contributed by atoms with van der Waals surface area (Å²) in [6, 6.07) is 21.0. The summed E-state index contributed by atoms with van der Waals surface area (Å²) in [7, 11) is 1.56. The smallest absolute Gasteiger partial charge is 0.258 e. The number of nitrogens with one attached hydrogen (secondary N) is 2. The van der Waals surface area contributed by atoms with E-state index in [2.05, 4.69) is 15.7 Å². The van der Waals surface area contributed by atoms with Crippen LogP contribution >= 0.6 is 0 Å². The number of carbonyl (C=O) groups is 3. The van der Waals surface area contributed by atoms with Gasteiger partial charge in [-0.25, -0.2) is 4.68 Å². The van der Waals surface area contributed by atoms with E-state index in [4.69, 9.17) is 19.9 Å². The molecule has 1 aromatic heterocycles. The number of carbonyl (C=O) groups excluding carboxylic acids is 3. The zero-order valence-corrected chi connectivity index (χ0v) is 25.7. The first-order valence-corrected chi connectivity index (χ1v) is 15.1. The largest absolute Gasteiger partial charge is 0.496 e. The van der Waals surface area contributed by atoms with Crippen LogP contribution in [-0.4, -0.2) is 71.4 Å². The Morgan fingerprint density at radius 1 is 1.04 bits per heavy atom. The van der Waals surface area contributed by atoms with Crippen molar-refractivity contribution in [2.24, 2.45) is 0 Å². The van der Waals surface area contributed by atoms with Crippen LogP contribution < -0.4 is 30.6 Å². The second-order valence-electron chi connectivity index (χ2n) is 11.4. The molecular formula is C34H36N6O6. The SMILES string of the molecule is COc1ccc2cc1-c1cccc(c1)OCC(=O)NCc1ccc(cc1)O[C@@H]1CCN(C(=O)Cn3nc(C)cc3N)C[C@H]1NC2=O. The van der Waals surface area contributed by atoms with Gasteiger partial charge in [-0.3, -0.25) is 14.4 Å². The highest BCUT2D eigenvalue weighted by Crippen LogP contribution is 2.33. The minimum absolute atomic E-state index is 0.00547. The number of hydrogen-bond acceptors (Lipinski definition) is 8. The number of nitrogens with two attached hydrogens (primary N) is 1. The topological polar surface area (TPSA) is 150 Å². The molecule has 7 rings (SSSR count). The van der Waals surface area contributed by atoms with E-state index in [9.17, 15) is 14.4 Å². The van der Waals surface area contributed by atoms with Crippen LogP contribution in [0.15, 0.2) is 72.8 Å². The van der Waals surface area contributed by atoms with Crippen molar-refractivity contribution in [1.29, 1.82) is 0 Å². The van der Waals surface area contributed by atoms with Crippen molar-refractivity contribution in [2.45, 2.75) is 38.6 Å². The average molecular weight is 625 g/mol. The molecule has 3 aliphatic heterocycles. The van der Waals surface area contributed by atoms with Gasteiger partial charge >= 0.3 is 0 Å². The minimum Gasteiger partial charge on any atom is -0.496 e. The highest BCUT2D eigenvalue weighted by molar-refractivity contribution is 5.96. The maximum Gasteiger partial charge on any atom is 0.258 e. The fourth-order valence-corrected chi connectivity index (χ4v) is 5.70. The van der Waals surface area contributed by atoms with Crippen molar-refractivity contribution in [3.63, 3.8) is 0 Å². The van der Waals surface area contributed by atoms with Gasteiger partial charge in [0.2, 0.25) is 5.91 Å². The molecule has 1 saturated heterocycles. The number of nitrogen functional groups attached to an aromatic ring is 1. The summed E-state index contributed by atoms with van der Waals surface area (Å²) in [5.74, 6) is 1.36. The van der Waals surface area contributed by atoms with Gasteiger partial charge in [-0.1, -0.05) is 24.3 Å². The standard InChI is InChI=1S/C34H36N6O6/c1-21-14-31(35)40(38-21)19-33(42)39-13-12-30-28(18-39)37-34(43)24-8-11-29(44-2)27(16-24)23-4-3-5-26(15-23)45-20-32(41)36-17-22-6-9-25(46-30)10-7-22/h3-11,14-16,28,30H,12-13,17-20,35H2,1-2H3,(H,36,41)(H,37,43)/t28-,30-/m1/s1. The lowest BCUT2D eigenvalue weighted by molar-refractivity contribution is -0.134. The molecule has 0 radical (unpaired) electrons. The molecule has 0 spiro atoms. The number of rotatable bonds is 3. The number of anilines is 1. The van der Waals surface area contributed by atoms with Crippen molar-refractivity contribution < 1.29 is 28.6 Å².